The zero-order valence-corrected chi connectivity index (χ0v) is 32.6. The summed E-state index contributed by atoms with van der Waals surface area (Å²) in [5.74, 6) is -0.252. The van der Waals surface area contributed by atoms with Crippen molar-refractivity contribution < 1.29 is 52.2 Å². The number of carbonyl (C=O) groups excluding carboxylic acids is 1. The van der Waals surface area contributed by atoms with E-state index in [1.165, 1.54) is 0 Å². The number of hydrogen-bond acceptors (Lipinski definition) is 11. The van der Waals surface area contributed by atoms with Crippen LogP contribution in [0, 0.1) is 5.92 Å². The second kappa shape index (κ2) is 21.5. The largest absolute Gasteiger partial charge is 0.376 e. The molecule has 55 heavy (non-hydrogen) atoms. The Morgan fingerprint density at radius 3 is 1.73 bits per heavy atom. The van der Waals surface area contributed by atoms with Crippen LogP contribution in [0.1, 0.15) is 55.7 Å². The number of fused-ring (bicyclic) bond motifs is 1. The molecular formula is C44H58O11. The van der Waals surface area contributed by atoms with Crippen molar-refractivity contribution in [3.63, 3.8) is 0 Å². The Morgan fingerprint density at radius 1 is 0.564 bits per heavy atom. The van der Waals surface area contributed by atoms with Crippen LogP contribution in [0.2, 0.25) is 0 Å². The van der Waals surface area contributed by atoms with E-state index in [1.807, 2.05) is 61.5 Å². The molecule has 0 saturated carbocycles. The fraction of sp³-hybridized carbons (Fsp3) is 0.568. The minimum absolute atomic E-state index is 0.0494. The van der Waals surface area contributed by atoms with Gasteiger partial charge in [-0.3, -0.25) is 4.79 Å². The number of benzene rings is 3. The highest BCUT2D eigenvalue weighted by molar-refractivity contribution is 5.89. The first-order chi connectivity index (χ1) is 27.0. The van der Waals surface area contributed by atoms with Crippen molar-refractivity contribution in [3.8, 4) is 0 Å². The van der Waals surface area contributed by atoms with Crippen LogP contribution in [-0.2, 0) is 72.0 Å². The number of ketones is 1. The quantitative estimate of drug-likeness (QED) is 0.112. The second-order valence-electron chi connectivity index (χ2n) is 14.4. The Bertz CT molecular complexity index is 1530. The van der Waals surface area contributed by atoms with Gasteiger partial charge in [-0.25, -0.2) is 0 Å². The van der Waals surface area contributed by atoms with Gasteiger partial charge in [0.1, 0.15) is 24.4 Å². The van der Waals surface area contributed by atoms with Gasteiger partial charge in [0.05, 0.1) is 44.7 Å². The molecule has 3 aromatic carbocycles. The van der Waals surface area contributed by atoms with Gasteiger partial charge in [0.15, 0.2) is 12.4 Å². The molecule has 11 heteroatoms. The van der Waals surface area contributed by atoms with Crippen LogP contribution < -0.4 is 0 Å². The number of hydrogen-bond donors (Lipinski definition) is 0. The van der Waals surface area contributed by atoms with E-state index >= 15 is 0 Å². The molecule has 11 nitrogen and oxygen atoms in total. The maximum absolute atomic E-state index is 13.1. The van der Waals surface area contributed by atoms with Gasteiger partial charge in [-0.05, 0) is 36.5 Å². The van der Waals surface area contributed by atoms with Gasteiger partial charge >= 0.3 is 0 Å². The second-order valence-corrected chi connectivity index (χ2v) is 14.4. The van der Waals surface area contributed by atoms with E-state index in [0.29, 0.717) is 39.5 Å². The summed E-state index contributed by atoms with van der Waals surface area (Å²) in [5.41, 5.74) is 3.24. The van der Waals surface area contributed by atoms with Crippen LogP contribution in [0.3, 0.4) is 0 Å². The molecular weight excluding hydrogens is 704 g/mol. The third-order valence-electron chi connectivity index (χ3n) is 10.8. The summed E-state index contributed by atoms with van der Waals surface area (Å²) in [7, 11) is 4.91. The Balaban J connectivity index is 1.15. The zero-order valence-electron chi connectivity index (χ0n) is 32.6. The fourth-order valence-corrected chi connectivity index (χ4v) is 8.05. The van der Waals surface area contributed by atoms with Gasteiger partial charge in [0, 0.05) is 33.9 Å². The number of Topliss-reactive ketones (excluding diaryl/α,β-unsaturated/α-hetero) is 1. The first-order valence-electron chi connectivity index (χ1n) is 19.7. The van der Waals surface area contributed by atoms with Crippen molar-refractivity contribution >= 4 is 5.78 Å². The highest BCUT2D eigenvalue weighted by Crippen LogP contribution is 2.38. The Kier molecular flexibility index (Phi) is 16.2. The summed E-state index contributed by atoms with van der Waals surface area (Å²) < 4.78 is 62.0. The van der Waals surface area contributed by atoms with Gasteiger partial charge in [-0.1, -0.05) is 110 Å². The van der Waals surface area contributed by atoms with E-state index < -0.39 is 37.0 Å². The van der Waals surface area contributed by atoms with Crippen LogP contribution >= 0.6 is 0 Å². The summed E-state index contributed by atoms with van der Waals surface area (Å²) >= 11 is 0. The summed E-state index contributed by atoms with van der Waals surface area (Å²) in [6.45, 7) is 3.86. The lowest BCUT2D eigenvalue weighted by atomic mass is 9.84. The van der Waals surface area contributed by atoms with Crippen molar-refractivity contribution in [2.24, 2.45) is 5.92 Å². The van der Waals surface area contributed by atoms with Crippen molar-refractivity contribution in [3.05, 3.63) is 108 Å². The van der Waals surface area contributed by atoms with Gasteiger partial charge in [0.2, 0.25) is 12.1 Å². The highest BCUT2D eigenvalue weighted by atomic mass is 16.7. The molecule has 11 atom stereocenters. The molecule has 0 aliphatic carbocycles. The first kappa shape index (κ1) is 41.6. The third-order valence-corrected chi connectivity index (χ3v) is 10.8. The van der Waals surface area contributed by atoms with E-state index in [4.69, 9.17) is 47.4 Å². The first-order valence-corrected chi connectivity index (χ1v) is 19.7. The van der Waals surface area contributed by atoms with Gasteiger partial charge < -0.3 is 47.4 Å². The predicted octanol–water partition coefficient (Wildman–Crippen LogP) is 6.44. The van der Waals surface area contributed by atoms with E-state index in [-0.39, 0.29) is 36.1 Å². The van der Waals surface area contributed by atoms with E-state index in [1.54, 1.807) is 21.3 Å². The van der Waals surface area contributed by atoms with Crippen LogP contribution in [-0.4, -0.2) is 102 Å². The number of unbranched alkanes of at least 4 members (excludes halogenated alkanes) is 2. The SMILES string of the molecule is CCOC1OC2C(OC(CCCCCC3C(COCc4ccccc4)OC(OC)C(OCc4ccccc4)C3OCc3ccccc3)C(OC)C2OC)C1=O. The number of methoxy groups -OCH3 is 3. The van der Waals surface area contributed by atoms with Crippen LogP contribution in [0.15, 0.2) is 91.0 Å². The standard InChI is InChI=1S/C44H58O11/c1-5-50-43-36(45)39-41(55-43)40(47-3)38(46-2)34(53-39)25-17-9-16-24-33-35(29-49-26-30-18-10-6-11-19-30)54-44(48-4)42(52-28-32-22-14-8-15-23-32)37(33)51-27-31-20-12-7-13-21-31/h6-8,10-15,18-23,33-35,37-44H,5,9,16-17,24-29H2,1-4H3. The van der Waals surface area contributed by atoms with Crippen molar-refractivity contribution in [2.45, 2.75) is 120 Å². The average molecular weight is 763 g/mol. The molecule has 11 unspecified atom stereocenters. The van der Waals surface area contributed by atoms with Crippen LogP contribution in [0.4, 0.5) is 0 Å². The fourth-order valence-electron chi connectivity index (χ4n) is 8.05. The molecule has 3 aliphatic heterocycles. The summed E-state index contributed by atoms with van der Waals surface area (Å²) in [5, 5.41) is 0. The van der Waals surface area contributed by atoms with E-state index in [0.717, 1.165) is 42.4 Å². The molecule has 0 radical (unpaired) electrons. The molecule has 0 spiro atoms. The highest BCUT2D eigenvalue weighted by Gasteiger charge is 2.56. The molecule has 300 valence electrons. The summed E-state index contributed by atoms with van der Waals surface area (Å²) in [4.78, 5) is 13.1. The van der Waals surface area contributed by atoms with Gasteiger partial charge in [-0.15, -0.1) is 0 Å². The predicted molar refractivity (Wildman–Crippen MR) is 204 cm³/mol. The van der Waals surface area contributed by atoms with Crippen molar-refractivity contribution in [2.75, 3.05) is 34.5 Å². The third kappa shape index (κ3) is 10.9. The minimum atomic E-state index is -0.952. The Morgan fingerprint density at radius 2 is 1.15 bits per heavy atom. The van der Waals surface area contributed by atoms with Crippen LogP contribution in [0.5, 0.6) is 0 Å². The molecule has 0 amide bonds. The maximum Gasteiger partial charge on any atom is 0.221 e. The molecule has 3 saturated heterocycles. The molecule has 3 heterocycles. The summed E-state index contributed by atoms with van der Waals surface area (Å²) in [6, 6.07) is 30.4. The molecule has 3 aromatic rings. The number of rotatable bonds is 21. The Hall–Kier alpha value is -3.07. The number of carbonyl (C=O) groups is 1. The molecule has 0 bridgehead atoms. The molecule has 0 N–H and O–H groups in total. The number of ether oxygens (including phenoxy) is 10. The average Bonchev–Trinajstić information content (AvgIpc) is 3.53. The minimum Gasteiger partial charge on any atom is -0.376 e. The normalized spacial score (nSPS) is 30.7. The smallest absolute Gasteiger partial charge is 0.221 e. The molecule has 3 aliphatic rings. The molecule has 6 rings (SSSR count). The lowest BCUT2D eigenvalue weighted by Crippen LogP contribution is -2.58. The van der Waals surface area contributed by atoms with E-state index in [9.17, 15) is 4.79 Å². The Labute approximate surface area is 325 Å². The summed E-state index contributed by atoms with van der Waals surface area (Å²) in [6.07, 6.45) is -1.04. The van der Waals surface area contributed by atoms with E-state index in [2.05, 4.69) is 36.4 Å². The lowest BCUT2D eigenvalue weighted by molar-refractivity contribution is -0.306. The van der Waals surface area contributed by atoms with Gasteiger partial charge in [0.25, 0.3) is 0 Å². The molecule has 3 fully saturated rings. The lowest BCUT2D eigenvalue weighted by Gasteiger charge is -2.46. The van der Waals surface area contributed by atoms with Crippen molar-refractivity contribution in [1.82, 2.24) is 0 Å². The zero-order chi connectivity index (χ0) is 38.4. The van der Waals surface area contributed by atoms with Gasteiger partial charge in [-0.2, -0.15) is 0 Å². The maximum atomic E-state index is 13.1. The van der Waals surface area contributed by atoms with Crippen LogP contribution in [0.25, 0.3) is 0 Å². The topological polar surface area (TPSA) is 109 Å². The van der Waals surface area contributed by atoms with Crippen molar-refractivity contribution in [1.29, 1.82) is 0 Å². The monoisotopic (exact) mass is 762 g/mol. The molecule has 0 aromatic heterocycles.